The van der Waals surface area contributed by atoms with Gasteiger partial charge in [0.15, 0.2) is 0 Å². The van der Waals surface area contributed by atoms with Crippen LogP contribution in [-0.2, 0) is 16.6 Å². The highest BCUT2D eigenvalue weighted by atomic mass is 32.2. The SMILES string of the molecule is CCOc1ccc(C(C)NC)cc1CS(C)=O. The molecule has 0 aliphatic carbocycles. The van der Waals surface area contributed by atoms with Gasteiger partial charge in [-0.1, -0.05) is 6.07 Å². The lowest BCUT2D eigenvalue weighted by Crippen LogP contribution is -2.13. The van der Waals surface area contributed by atoms with Crippen molar-refractivity contribution in [1.82, 2.24) is 5.32 Å². The van der Waals surface area contributed by atoms with Crippen molar-refractivity contribution in [2.45, 2.75) is 25.6 Å². The van der Waals surface area contributed by atoms with E-state index in [2.05, 4.69) is 18.3 Å². The molecule has 2 atom stereocenters. The standard InChI is InChI=1S/C13H21NO2S/c1-5-16-13-7-6-11(10(2)14-3)8-12(13)9-17(4)15/h6-8,10,14H,5,9H2,1-4H3. The minimum atomic E-state index is -0.854. The summed E-state index contributed by atoms with van der Waals surface area (Å²) in [6.45, 7) is 4.68. The summed E-state index contributed by atoms with van der Waals surface area (Å²) in [7, 11) is 1.08. The second-order valence-corrected chi connectivity index (χ2v) is 5.46. The van der Waals surface area contributed by atoms with Gasteiger partial charge in [-0.2, -0.15) is 0 Å². The molecule has 0 saturated heterocycles. The first-order chi connectivity index (χ1) is 8.08. The summed E-state index contributed by atoms with van der Waals surface area (Å²) >= 11 is 0. The molecule has 0 aliphatic heterocycles. The molecule has 96 valence electrons. The Morgan fingerprint density at radius 2 is 2.18 bits per heavy atom. The van der Waals surface area contributed by atoms with E-state index < -0.39 is 10.8 Å². The maximum atomic E-state index is 11.4. The highest BCUT2D eigenvalue weighted by Crippen LogP contribution is 2.24. The molecule has 0 bridgehead atoms. The van der Waals surface area contributed by atoms with Crippen LogP contribution in [0.4, 0.5) is 0 Å². The first-order valence-corrected chi connectivity index (χ1v) is 7.54. The Morgan fingerprint density at radius 3 is 2.71 bits per heavy atom. The maximum Gasteiger partial charge on any atom is 0.123 e. The largest absolute Gasteiger partial charge is 0.494 e. The molecule has 0 heterocycles. The van der Waals surface area contributed by atoms with Crippen LogP contribution < -0.4 is 10.1 Å². The molecule has 1 rings (SSSR count). The quantitative estimate of drug-likeness (QED) is 0.847. The molecule has 0 spiro atoms. The number of ether oxygens (including phenoxy) is 1. The van der Waals surface area contributed by atoms with E-state index in [1.807, 2.05) is 26.1 Å². The molecule has 17 heavy (non-hydrogen) atoms. The van der Waals surface area contributed by atoms with Crippen molar-refractivity contribution in [2.75, 3.05) is 19.9 Å². The van der Waals surface area contributed by atoms with Crippen molar-refractivity contribution in [1.29, 1.82) is 0 Å². The Bertz CT molecular complexity index is 393. The van der Waals surface area contributed by atoms with Gasteiger partial charge in [0.1, 0.15) is 5.75 Å². The zero-order chi connectivity index (χ0) is 12.8. The molecule has 4 heteroatoms. The summed E-state index contributed by atoms with van der Waals surface area (Å²) < 4.78 is 16.9. The van der Waals surface area contributed by atoms with Gasteiger partial charge in [-0.3, -0.25) is 4.21 Å². The number of nitrogens with one attached hydrogen (secondary N) is 1. The van der Waals surface area contributed by atoms with Gasteiger partial charge in [0.2, 0.25) is 0 Å². The number of hydrogen-bond acceptors (Lipinski definition) is 3. The fraction of sp³-hybridized carbons (Fsp3) is 0.538. The molecule has 1 aromatic carbocycles. The van der Waals surface area contributed by atoms with Gasteiger partial charge >= 0.3 is 0 Å². The highest BCUT2D eigenvalue weighted by molar-refractivity contribution is 7.83. The Hall–Kier alpha value is -0.870. The number of benzene rings is 1. The van der Waals surface area contributed by atoms with Gasteiger partial charge in [0.05, 0.1) is 12.4 Å². The van der Waals surface area contributed by atoms with E-state index in [9.17, 15) is 4.21 Å². The molecule has 0 aromatic heterocycles. The zero-order valence-corrected chi connectivity index (χ0v) is 11.8. The third kappa shape index (κ3) is 4.13. The molecule has 1 aromatic rings. The van der Waals surface area contributed by atoms with Crippen LogP contribution in [0.15, 0.2) is 18.2 Å². The fourth-order valence-corrected chi connectivity index (χ4v) is 2.33. The van der Waals surface area contributed by atoms with Crippen LogP contribution in [0.5, 0.6) is 5.75 Å². The van der Waals surface area contributed by atoms with Gasteiger partial charge in [-0.25, -0.2) is 0 Å². The first-order valence-electron chi connectivity index (χ1n) is 5.81. The summed E-state index contributed by atoms with van der Waals surface area (Å²) in [6, 6.07) is 6.38. The normalized spacial score (nSPS) is 14.4. The van der Waals surface area contributed by atoms with E-state index >= 15 is 0 Å². The number of rotatable bonds is 6. The monoisotopic (exact) mass is 255 g/mol. The molecule has 2 unspecified atom stereocenters. The molecule has 0 fully saturated rings. The van der Waals surface area contributed by atoms with Crippen molar-refractivity contribution < 1.29 is 8.95 Å². The Kier molecular flexibility index (Phi) is 5.65. The maximum absolute atomic E-state index is 11.4. The molecular weight excluding hydrogens is 234 g/mol. The van der Waals surface area contributed by atoms with Crippen molar-refractivity contribution in [3.63, 3.8) is 0 Å². The predicted molar refractivity (Wildman–Crippen MR) is 72.9 cm³/mol. The molecule has 0 aliphatic rings. The Balaban J connectivity index is 3.04. The van der Waals surface area contributed by atoms with Crippen molar-refractivity contribution >= 4 is 10.8 Å². The van der Waals surface area contributed by atoms with Gasteiger partial charge < -0.3 is 10.1 Å². The molecule has 0 radical (unpaired) electrons. The van der Waals surface area contributed by atoms with E-state index in [1.165, 1.54) is 5.56 Å². The van der Waals surface area contributed by atoms with Crippen LogP contribution in [0.2, 0.25) is 0 Å². The highest BCUT2D eigenvalue weighted by Gasteiger charge is 2.09. The van der Waals surface area contributed by atoms with Crippen molar-refractivity contribution in [3.05, 3.63) is 29.3 Å². The first kappa shape index (κ1) is 14.2. The average Bonchev–Trinajstić information content (AvgIpc) is 2.30. The average molecular weight is 255 g/mol. The van der Waals surface area contributed by atoms with Crippen LogP contribution >= 0.6 is 0 Å². The third-order valence-corrected chi connectivity index (χ3v) is 3.39. The minimum Gasteiger partial charge on any atom is -0.494 e. The van der Waals surface area contributed by atoms with Crippen LogP contribution in [0.25, 0.3) is 0 Å². The number of hydrogen-bond donors (Lipinski definition) is 1. The molecule has 3 nitrogen and oxygen atoms in total. The third-order valence-electron chi connectivity index (χ3n) is 2.68. The van der Waals surface area contributed by atoms with Crippen LogP contribution in [-0.4, -0.2) is 24.1 Å². The van der Waals surface area contributed by atoms with Crippen LogP contribution in [0, 0.1) is 0 Å². The zero-order valence-electron chi connectivity index (χ0n) is 10.9. The van der Waals surface area contributed by atoms with Gasteiger partial charge in [-0.05, 0) is 38.6 Å². The topological polar surface area (TPSA) is 38.3 Å². The lowest BCUT2D eigenvalue weighted by molar-refractivity contribution is 0.337. The smallest absolute Gasteiger partial charge is 0.123 e. The lowest BCUT2D eigenvalue weighted by Gasteiger charge is -2.15. The van der Waals surface area contributed by atoms with Gasteiger partial charge in [0.25, 0.3) is 0 Å². The second kappa shape index (κ2) is 6.77. The predicted octanol–water partition coefficient (Wildman–Crippen LogP) is 2.24. The van der Waals surface area contributed by atoms with E-state index in [0.717, 1.165) is 11.3 Å². The van der Waals surface area contributed by atoms with E-state index in [-0.39, 0.29) is 6.04 Å². The molecule has 0 saturated carbocycles. The van der Waals surface area contributed by atoms with Crippen LogP contribution in [0.1, 0.15) is 31.0 Å². The summed E-state index contributed by atoms with van der Waals surface area (Å²) in [5, 5.41) is 3.20. The van der Waals surface area contributed by atoms with E-state index in [4.69, 9.17) is 4.74 Å². The lowest BCUT2D eigenvalue weighted by atomic mass is 10.1. The van der Waals surface area contributed by atoms with E-state index in [0.29, 0.717) is 12.4 Å². The summed E-state index contributed by atoms with van der Waals surface area (Å²) in [5.74, 6) is 1.38. The van der Waals surface area contributed by atoms with Crippen molar-refractivity contribution in [2.24, 2.45) is 0 Å². The van der Waals surface area contributed by atoms with Crippen molar-refractivity contribution in [3.8, 4) is 5.75 Å². The molecule has 1 N–H and O–H groups in total. The van der Waals surface area contributed by atoms with Gasteiger partial charge in [-0.15, -0.1) is 0 Å². The van der Waals surface area contributed by atoms with Crippen LogP contribution in [0.3, 0.4) is 0 Å². The Labute approximate surface area is 106 Å². The molecular formula is C13H21NO2S. The summed E-state index contributed by atoms with van der Waals surface area (Å²) in [5.41, 5.74) is 2.21. The minimum absolute atomic E-state index is 0.287. The summed E-state index contributed by atoms with van der Waals surface area (Å²) in [6.07, 6.45) is 1.71. The van der Waals surface area contributed by atoms with Gasteiger partial charge in [0, 0.05) is 28.7 Å². The fourth-order valence-electron chi connectivity index (χ4n) is 1.66. The molecule has 0 amide bonds. The van der Waals surface area contributed by atoms with E-state index in [1.54, 1.807) is 6.26 Å². The summed E-state index contributed by atoms with van der Waals surface area (Å²) in [4.78, 5) is 0. The second-order valence-electron chi connectivity index (χ2n) is 4.03. The Morgan fingerprint density at radius 1 is 1.47 bits per heavy atom.